The number of hydrogen-bond donors (Lipinski definition) is 3. The second kappa shape index (κ2) is 8.50. The largest absolute Gasteiger partial charge is 0.573 e. The minimum atomic E-state index is -4.82. The third-order valence-electron chi connectivity index (χ3n) is 3.88. The Hall–Kier alpha value is -3.11. The van der Waals surface area contributed by atoms with Gasteiger partial charge in [-0.1, -0.05) is 18.2 Å². The summed E-state index contributed by atoms with van der Waals surface area (Å²) in [5.74, 6) is -2.46. The zero-order valence-corrected chi connectivity index (χ0v) is 15.5. The standard InChI is InChI=1S/C19H15F3N2O4S/c20-19(21,22)28-12-7-5-11(6-8-12)24-18(27)17(26)23-9-15(25)14-10-29-16-4-2-1-3-13(14)16/h1-8,10,15,25H,9H2,(H,23,26)(H,24,27). The van der Waals surface area contributed by atoms with Crippen LogP contribution in [0, 0.1) is 0 Å². The fourth-order valence-corrected chi connectivity index (χ4v) is 3.57. The fraction of sp³-hybridized carbons (Fsp3) is 0.158. The first-order chi connectivity index (χ1) is 13.7. The molecule has 1 heterocycles. The maximum atomic E-state index is 12.1. The van der Waals surface area contributed by atoms with Crippen LogP contribution in [-0.2, 0) is 9.59 Å². The minimum Gasteiger partial charge on any atom is -0.406 e. The lowest BCUT2D eigenvalue weighted by Crippen LogP contribution is -2.37. The number of rotatable bonds is 5. The molecule has 3 aromatic rings. The first kappa shape index (κ1) is 20.6. The van der Waals surface area contributed by atoms with Crippen LogP contribution in [0.4, 0.5) is 18.9 Å². The molecule has 0 bridgehead atoms. The highest BCUT2D eigenvalue weighted by atomic mass is 32.1. The van der Waals surface area contributed by atoms with E-state index < -0.39 is 30.0 Å². The molecule has 0 radical (unpaired) electrons. The van der Waals surface area contributed by atoms with Crippen LogP contribution < -0.4 is 15.4 Å². The van der Waals surface area contributed by atoms with Crippen molar-refractivity contribution in [2.24, 2.45) is 0 Å². The van der Waals surface area contributed by atoms with E-state index in [1.807, 2.05) is 24.3 Å². The van der Waals surface area contributed by atoms with E-state index in [1.54, 1.807) is 5.38 Å². The molecule has 0 aliphatic rings. The molecule has 1 aromatic heterocycles. The Balaban J connectivity index is 1.53. The van der Waals surface area contributed by atoms with Crippen LogP contribution in [-0.4, -0.2) is 29.8 Å². The molecule has 2 amide bonds. The Labute approximate surface area is 166 Å². The SMILES string of the molecule is O=C(NCC(O)c1csc2ccccc12)C(=O)Nc1ccc(OC(F)(F)F)cc1. The van der Waals surface area contributed by atoms with Gasteiger partial charge in [0, 0.05) is 22.5 Å². The molecule has 1 unspecified atom stereocenters. The Kier molecular flexibility index (Phi) is 6.04. The molecule has 0 fully saturated rings. The number of benzene rings is 2. The first-order valence-corrected chi connectivity index (χ1v) is 9.20. The van der Waals surface area contributed by atoms with Gasteiger partial charge in [0.2, 0.25) is 0 Å². The van der Waals surface area contributed by atoms with Crippen molar-refractivity contribution in [2.75, 3.05) is 11.9 Å². The smallest absolute Gasteiger partial charge is 0.406 e. The van der Waals surface area contributed by atoms with E-state index in [2.05, 4.69) is 15.4 Å². The molecule has 0 spiro atoms. The lowest BCUT2D eigenvalue weighted by atomic mass is 10.1. The molecule has 6 nitrogen and oxygen atoms in total. The van der Waals surface area contributed by atoms with Gasteiger partial charge in [0.1, 0.15) is 5.75 Å². The molecule has 0 saturated heterocycles. The van der Waals surface area contributed by atoms with Crippen molar-refractivity contribution >= 4 is 38.9 Å². The highest BCUT2D eigenvalue weighted by molar-refractivity contribution is 7.17. The summed E-state index contributed by atoms with van der Waals surface area (Å²) in [5.41, 5.74) is 0.760. The van der Waals surface area contributed by atoms with E-state index in [4.69, 9.17) is 0 Å². The molecule has 0 saturated carbocycles. The number of hydrogen-bond acceptors (Lipinski definition) is 5. The summed E-state index contributed by atoms with van der Waals surface area (Å²) < 4.78 is 41.1. The summed E-state index contributed by atoms with van der Waals surface area (Å²) in [7, 11) is 0. The number of halogens is 3. The number of carbonyl (C=O) groups is 2. The van der Waals surface area contributed by atoms with Gasteiger partial charge in [-0.25, -0.2) is 0 Å². The lowest BCUT2D eigenvalue weighted by Gasteiger charge is -2.12. The third kappa shape index (κ3) is 5.46. The van der Waals surface area contributed by atoms with Crippen LogP contribution in [0.3, 0.4) is 0 Å². The monoisotopic (exact) mass is 424 g/mol. The Morgan fingerprint density at radius 3 is 2.45 bits per heavy atom. The second-order valence-corrected chi connectivity index (χ2v) is 6.85. The van der Waals surface area contributed by atoms with Gasteiger partial charge in [-0.15, -0.1) is 24.5 Å². The van der Waals surface area contributed by atoms with E-state index in [0.29, 0.717) is 5.56 Å². The third-order valence-corrected chi connectivity index (χ3v) is 4.86. The van der Waals surface area contributed by atoms with Crippen LogP contribution in [0.15, 0.2) is 53.9 Å². The maximum Gasteiger partial charge on any atom is 0.573 e. The molecule has 0 aliphatic carbocycles. The van der Waals surface area contributed by atoms with Crippen molar-refractivity contribution in [3.63, 3.8) is 0 Å². The lowest BCUT2D eigenvalue weighted by molar-refractivity contribution is -0.274. The second-order valence-electron chi connectivity index (χ2n) is 5.94. The number of alkyl halides is 3. The molecule has 152 valence electrons. The molecule has 0 aliphatic heterocycles. The van der Waals surface area contributed by atoms with Gasteiger partial charge in [0.05, 0.1) is 6.10 Å². The number of carbonyl (C=O) groups excluding carboxylic acids is 2. The van der Waals surface area contributed by atoms with Crippen molar-refractivity contribution in [1.29, 1.82) is 0 Å². The maximum absolute atomic E-state index is 12.1. The number of ether oxygens (including phenoxy) is 1. The number of amides is 2. The van der Waals surface area contributed by atoms with Crippen LogP contribution in [0.25, 0.3) is 10.1 Å². The van der Waals surface area contributed by atoms with Crippen LogP contribution in [0.5, 0.6) is 5.75 Å². The van der Waals surface area contributed by atoms with E-state index in [-0.39, 0.29) is 12.2 Å². The average molecular weight is 424 g/mol. The van der Waals surface area contributed by atoms with Gasteiger partial charge in [0.25, 0.3) is 0 Å². The van der Waals surface area contributed by atoms with Gasteiger partial charge in [0.15, 0.2) is 0 Å². The van der Waals surface area contributed by atoms with Crippen LogP contribution in [0.1, 0.15) is 11.7 Å². The Bertz CT molecular complexity index is 1020. The zero-order valence-electron chi connectivity index (χ0n) is 14.7. The van der Waals surface area contributed by atoms with Crippen molar-refractivity contribution in [3.05, 3.63) is 59.5 Å². The van der Waals surface area contributed by atoms with E-state index in [9.17, 15) is 27.9 Å². The Morgan fingerprint density at radius 2 is 1.76 bits per heavy atom. The molecule has 2 aromatic carbocycles. The van der Waals surface area contributed by atoms with Crippen LogP contribution >= 0.6 is 11.3 Å². The molecular formula is C19H15F3N2O4S. The van der Waals surface area contributed by atoms with Crippen molar-refractivity contribution in [1.82, 2.24) is 5.32 Å². The van der Waals surface area contributed by atoms with Crippen molar-refractivity contribution in [2.45, 2.75) is 12.5 Å². The van der Waals surface area contributed by atoms with Gasteiger partial charge < -0.3 is 20.5 Å². The summed E-state index contributed by atoms with van der Waals surface area (Å²) in [6, 6.07) is 11.8. The van der Waals surface area contributed by atoms with Gasteiger partial charge >= 0.3 is 18.2 Å². The summed E-state index contributed by atoms with van der Waals surface area (Å²) in [4.78, 5) is 23.9. The number of aliphatic hydroxyl groups excluding tert-OH is 1. The first-order valence-electron chi connectivity index (χ1n) is 8.32. The number of thiophene rings is 1. The summed E-state index contributed by atoms with van der Waals surface area (Å²) in [5, 5.41) is 17.5. The number of anilines is 1. The summed E-state index contributed by atoms with van der Waals surface area (Å²) in [6.07, 6.45) is -5.82. The highest BCUT2D eigenvalue weighted by Crippen LogP contribution is 2.30. The molecule has 29 heavy (non-hydrogen) atoms. The quantitative estimate of drug-likeness (QED) is 0.547. The fourth-order valence-electron chi connectivity index (χ4n) is 2.56. The molecule has 3 N–H and O–H groups in total. The topological polar surface area (TPSA) is 87.7 Å². The van der Waals surface area contributed by atoms with Crippen molar-refractivity contribution < 1.29 is 32.6 Å². The molecule has 1 atom stereocenters. The number of aliphatic hydroxyl groups is 1. The normalized spacial score (nSPS) is 12.4. The predicted octanol–water partition coefficient (Wildman–Crippen LogP) is 3.59. The van der Waals surface area contributed by atoms with Gasteiger partial charge in [-0.3, -0.25) is 9.59 Å². The number of fused-ring (bicyclic) bond motifs is 1. The minimum absolute atomic E-state index is 0.115. The van der Waals surface area contributed by atoms with Crippen molar-refractivity contribution in [3.8, 4) is 5.75 Å². The molecule has 10 heteroatoms. The van der Waals surface area contributed by atoms with Crippen LogP contribution in [0.2, 0.25) is 0 Å². The van der Waals surface area contributed by atoms with Gasteiger partial charge in [-0.2, -0.15) is 0 Å². The highest BCUT2D eigenvalue weighted by Gasteiger charge is 2.31. The molecule has 3 rings (SSSR count). The van der Waals surface area contributed by atoms with Gasteiger partial charge in [-0.05, 0) is 41.1 Å². The predicted molar refractivity (Wildman–Crippen MR) is 102 cm³/mol. The summed E-state index contributed by atoms with van der Waals surface area (Å²) >= 11 is 1.46. The van der Waals surface area contributed by atoms with E-state index in [0.717, 1.165) is 22.2 Å². The average Bonchev–Trinajstić information content (AvgIpc) is 3.10. The molecular weight excluding hydrogens is 409 g/mol. The zero-order chi connectivity index (χ0) is 21.0. The Morgan fingerprint density at radius 1 is 1.07 bits per heavy atom. The summed E-state index contributed by atoms with van der Waals surface area (Å²) in [6.45, 7) is -0.175. The number of nitrogens with one attached hydrogen (secondary N) is 2. The van der Waals surface area contributed by atoms with E-state index >= 15 is 0 Å². The van der Waals surface area contributed by atoms with E-state index in [1.165, 1.54) is 23.5 Å².